The molecule has 37 heavy (non-hydrogen) atoms. The van der Waals surface area contributed by atoms with Gasteiger partial charge in [-0.2, -0.15) is 0 Å². The summed E-state index contributed by atoms with van der Waals surface area (Å²) >= 11 is 0. The molecule has 2 aliphatic rings. The van der Waals surface area contributed by atoms with Crippen molar-refractivity contribution in [1.82, 2.24) is 16.0 Å². The highest BCUT2D eigenvalue weighted by Crippen LogP contribution is 2.16. The monoisotopic (exact) mass is 519 g/mol. The van der Waals surface area contributed by atoms with Crippen LogP contribution in [0.3, 0.4) is 0 Å². The number of carbonyl (C=O) groups is 4. The second-order valence-electron chi connectivity index (χ2n) is 10.2. The maximum Gasteiger partial charge on any atom is 0.408 e. The second-order valence-corrected chi connectivity index (χ2v) is 10.2. The lowest BCUT2D eigenvalue weighted by molar-refractivity contribution is -0.145. The molecule has 1 aromatic rings. The molecule has 0 unspecified atom stereocenters. The van der Waals surface area contributed by atoms with Crippen LogP contribution in [0.4, 0.5) is 4.79 Å². The van der Waals surface area contributed by atoms with Crippen LogP contribution in [0.15, 0.2) is 24.3 Å². The Bertz CT molecular complexity index is 912. The summed E-state index contributed by atoms with van der Waals surface area (Å²) in [6.45, 7) is 7.60. The molecule has 3 rings (SSSR count). The molecule has 3 amide bonds. The summed E-state index contributed by atoms with van der Waals surface area (Å²) in [4.78, 5) is 51.3. The minimum atomic E-state index is -0.996. The molecule has 0 saturated carbocycles. The van der Waals surface area contributed by atoms with E-state index in [0.29, 0.717) is 38.0 Å². The van der Waals surface area contributed by atoms with E-state index < -0.39 is 47.6 Å². The second kappa shape index (κ2) is 14.4. The van der Waals surface area contributed by atoms with Crippen molar-refractivity contribution in [3.05, 3.63) is 29.8 Å². The van der Waals surface area contributed by atoms with E-state index in [-0.39, 0.29) is 6.42 Å². The summed E-state index contributed by atoms with van der Waals surface area (Å²) in [7, 11) is 1.27. The van der Waals surface area contributed by atoms with Crippen molar-refractivity contribution in [3.8, 4) is 5.75 Å². The predicted molar refractivity (Wildman–Crippen MR) is 138 cm³/mol. The predicted octanol–water partition coefficient (Wildman–Crippen LogP) is 3.02. The average molecular weight is 520 g/mol. The minimum absolute atomic E-state index is 0.177. The van der Waals surface area contributed by atoms with Gasteiger partial charge in [-0.05, 0) is 64.2 Å². The first-order chi connectivity index (χ1) is 17.5. The highest BCUT2D eigenvalue weighted by atomic mass is 16.6. The van der Waals surface area contributed by atoms with Gasteiger partial charge < -0.3 is 30.2 Å². The van der Waals surface area contributed by atoms with Gasteiger partial charge in [-0.3, -0.25) is 9.59 Å². The first kappa shape index (κ1) is 29.9. The Morgan fingerprint density at radius 2 is 1.76 bits per heavy atom. The lowest BCUT2D eigenvalue weighted by Gasteiger charge is -2.26. The van der Waals surface area contributed by atoms with Gasteiger partial charge in [0.05, 0.1) is 13.7 Å². The standard InChI is InChI=1S/C27H41N3O7/c1-6-10-20-23(31)29-21(25(33)35-5)11-8-7-9-16-36-19-14-12-18(13-15-19)17-22(24(32)28-20)30-26(34)37-27(2,3)4/h12-15,20-22H,6-11,16-17H2,1-5H3,(H,28,32)(H,29,31)(H,30,34)/t20-,21-,22-/m0/s1. The van der Waals surface area contributed by atoms with Gasteiger partial charge in [-0.15, -0.1) is 0 Å². The fraction of sp³-hybridized carbons (Fsp3) is 0.630. The molecule has 0 radical (unpaired) electrons. The zero-order chi connectivity index (χ0) is 27.4. The molecule has 10 heteroatoms. The normalized spacial score (nSPS) is 21.9. The van der Waals surface area contributed by atoms with Crippen LogP contribution in [0.2, 0.25) is 0 Å². The topological polar surface area (TPSA) is 132 Å². The maximum absolute atomic E-state index is 13.3. The van der Waals surface area contributed by atoms with E-state index in [0.717, 1.165) is 18.4 Å². The van der Waals surface area contributed by atoms with Crippen molar-refractivity contribution in [2.24, 2.45) is 0 Å². The zero-order valence-corrected chi connectivity index (χ0v) is 22.6. The minimum Gasteiger partial charge on any atom is -0.494 e. The molecule has 3 N–H and O–H groups in total. The van der Waals surface area contributed by atoms with Gasteiger partial charge in [0.2, 0.25) is 11.8 Å². The molecule has 2 aliphatic heterocycles. The van der Waals surface area contributed by atoms with Crippen LogP contribution in [-0.4, -0.2) is 61.3 Å². The highest BCUT2D eigenvalue weighted by molar-refractivity contribution is 5.93. The number of hydrogen-bond donors (Lipinski definition) is 3. The Morgan fingerprint density at radius 3 is 2.38 bits per heavy atom. The number of fused-ring (bicyclic) bond motifs is 15. The van der Waals surface area contributed by atoms with Crippen LogP contribution in [0, 0.1) is 0 Å². The van der Waals surface area contributed by atoms with Crippen molar-refractivity contribution in [2.45, 2.75) is 96.4 Å². The fourth-order valence-corrected chi connectivity index (χ4v) is 3.93. The Balaban J connectivity index is 2.32. The Labute approximate surface area is 219 Å². The third kappa shape index (κ3) is 10.7. The highest BCUT2D eigenvalue weighted by Gasteiger charge is 2.30. The zero-order valence-electron chi connectivity index (χ0n) is 22.6. The van der Waals surface area contributed by atoms with E-state index in [1.54, 1.807) is 20.8 Å². The molecule has 0 aromatic heterocycles. The van der Waals surface area contributed by atoms with Crippen LogP contribution in [0.5, 0.6) is 5.75 Å². The quantitative estimate of drug-likeness (QED) is 0.521. The Hall–Kier alpha value is -3.30. The largest absolute Gasteiger partial charge is 0.494 e. The molecule has 10 nitrogen and oxygen atoms in total. The van der Waals surface area contributed by atoms with Gasteiger partial charge in [0.15, 0.2) is 0 Å². The van der Waals surface area contributed by atoms with E-state index >= 15 is 0 Å². The van der Waals surface area contributed by atoms with E-state index in [9.17, 15) is 19.2 Å². The summed E-state index contributed by atoms with van der Waals surface area (Å²) in [5, 5.41) is 8.13. The van der Waals surface area contributed by atoms with Gasteiger partial charge >= 0.3 is 12.1 Å². The summed E-state index contributed by atoms with van der Waals surface area (Å²) in [5.41, 5.74) is 0.0507. The molecule has 3 atom stereocenters. The third-order valence-electron chi connectivity index (χ3n) is 5.79. The van der Waals surface area contributed by atoms with Crippen LogP contribution in [0.1, 0.15) is 71.8 Å². The molecule has 2 bridgehead atoms. The number of methoxy groups -OCH3 is 1. The summed E-state index contributed by atoms with van der Waals surface area (Å²) < 4.78 is 16.0. The van der Waals surface area contributed by atoms with Crippen molar-refractivity contribution in [2.75, 3.05) is 13.7 Å². The molecule has 1 aromatic carbocycles. The smallest absolute Gasteiger partial charge is 0.408 e. The number of nitrogens with one attached hydrogen (secondary N) is 3. The van der Waals surface area contributed by atoms with Crippen molar-refractivity contribution >= 4 is 23.9 Å². The van der Waals surface area contributed by atoms with Crippen LogP contribution in [0.25, 0.3) is 0 Å². The van der Waals surface area contributed by atoms with Gasteiger partial charge in [0, 0.05) is 6.42 Å². The van der Waals surface area contributed by atoms with E-state index in [4.69, 9.17) is 14.2 Å². The molecule has 0 aliphatic carbocycles. The molecule has 0 fully saturated rings. The number of amides is 3. The van der Waals surface area contributed by atoms with E-state index in [2.05, 4.69) is 16.0 Å². The Kier molecular flexibility index (Phi) is 11.7. The van der Waals surface area contributed by atoms with Gasteiger partial charge in [-0.1, -0.05) is 31.9 Å². The lowest BCUT2D eigenvalue weighted by atomic mass is 10.0. The number of carbonyl (C=O) groups excluding carboxylic acids is 4. The van der Waals surface area contributed by atoms with Crippen molar-refractivity contribution in [3.63, 3.8) is 0 Å². The molecule has 2 heterocycles. The fourth-order valence-electron chi connectivity index (χ4n) is 3.93. The first-order valence-electron chi connectivity index (χ1n) is 12.9. The molecule has 206 valence electrons. The summed E-state index contributed by atoms with van der Waals surface area (Å²) in [6.07, 6.45) is 3.11. The number of esters is 1. The third-order valence-corrected chi connectivity index (χ3v) is 5.79. The van der Waals surface area contributed by atoms with Gasteiger partial charge in [-0.25, -0.2) is 9.59 Å². The Morgan fingerprint density at radius 1 is 1.05 bits per heavy atom. The van der Waals surface area contributed by atoms with Crippen LogP contribution >= 0.6 is 0 Å². The van der Waals surface area contributed by atoms with Crippen molar-refractivity contribution < 1.29 is 33.4 Å². The molecular weight excluding hydrogens is 478 g/mol. The number of ether oxygens (including phenoxy) is 3. The lowest BCUT2D eigenvalue weighted by Crippen LogP contribution is -2.56. The van der Waals surface area contributed by atoms with Crippen LogP contribution < -0.4 is 20.7 Å². The van der Waals surface area contributed by atoms with Crippen LogP contribution in [-0.2, 0) is 30.3 Å². The van der Waals surface area contributed by atoms with Crippen molar-refractivity contribution in [1.29, 1.82) is 0 Å². The molecule has 0 saturated heterocycles. The maximum atomic E-state index is 13.3. The SMILES string of the molecule is CCC[C@@H]1NC(=O)[C@@H](NC(=O)OC(C)(C)C)Cc2ccc(cc2)OCCCCC[C@@H](C(=O)OC)NC1=O. The number of alkyl carbamates (subject to hydrolysis) is 1. The summed E-state index contributed by atoms with van der Waals surface area (Å²) in [5.74, 6) is -0.843. The van der Waals surface area contributed by atoms with Gasteiger partial charge in [0.25, 0.3) is 0 Å². The van der Waals surface area contributed by atoms with E-state index in [1.165, 1.54) is 7.11 Å². The number of rotatable bonds is 4. The first-order valence-corrected chi connectivity index (χ1v) is 12.9. The average Bonchev–Trinajstić information content (AvgIpc) is 2.83. The summed E-state index contributed by atoms with van der Waals surface area (Å²) in [6, 6.07) is 4.62. The number of hydrogen-bond acceptors (Lipinski definition) is 7. The molecular formula is C27H41N3O7. The molecule has 0 spiro atoms. The van der Waals surface area contributed by atoms with Gasteiger partial charge in [0.1, 0.15) is 29.5 Å². The number of benzene rings is 1. The van der Waals surface area contributed by atoms with E-state index in [1.807, 2.05) is 31.2 Å².